The van der Waals surface area contributed by atoms with Crippen LogP contribution in [0.5, 0.6) is 0 Å². The minimum absolute atomic E-state index is 0.147. The maximum atomic E-state index is 9.67. The maximum Gasteiger partial charge on any atom is 0.108 e. The van der Waals surface area contributed by atoms with Crippen molar-refractivity contribution in [3.05, 3.63) is 0 Å². The third-order valence-electron chi connectivity index (χ3n) is 3.24. The average molecular weight is 167 g/mol. The van der Waals surface area contributed by atoms with Gasteiger partial charge in [0, 0.05) is 6.42 Å². The number of fused-ring (bicyclic) bond motifs is 2. The van der Waals surface area contributed by atoms with Crippen LogP contribution in [0.3, 0.4) is 0 Å². The summed E-state index contributed by atoms with van der Waals surface area (Å²) in [5.74, 6) is -0.147. The molecule has 12 heavy (non-hydrogen) atoms. The predicted molar refractivity (Wildman–Crippen MR) is 42.2 cm³/mol. The Morgan fingerprint density at radius 1 is 1.50 bits per heavy atom. The van der Waals surface area contributed by atoms with E-state index in [-0.39, 0.29) is 11.5 Å². The molecule has 2 heterocycles. The molecule has 0 saturated carbocycles. The van der Waals surface area contributed by atoms with E-state index in [4.69, 9.17) is 10.00 Å². The fraction of sp³-hybridized carbons (Fsp3) is 0.889. The topological polar surface area (TPSA) is 53.2 Å². The van der Waals surface area contributed by atoms with Crippen molar-refractivity contribution < 1.29 is 9.84 Å². The molecule has 1 N–H and O–H groups in total. The summed E-state index contributed by atoms with van der Waals surface area (Å²) in [7, 11) is 0. The fourth-order valence-electron chi connectivity index (χ4n) is 2.49. The van der Waals surface area contributed by atoms with E-state index in [1.807, 2.05) is 13.8 Å². The van der Waals surface area contributed by atoms with E-state index in [2.05, 4.69) is 6.07 Å². The lowest BCUT2D eigenvalue weighted by molar-refractivity contribution is -0.0664. The highest BCUT2D eigenvalue weighted by Gasteiger charge is 2.62. The molecule has 2 bridgehead atoms. The average Bonchev–Trinajstić information content (AvgIpc) is 2.34. The van der Waals surface area contributed by atoms with Gasteiger partial charge >= 0.3 is 0 Å². The molecular formula is C9H13NO2. The lowest BCUT2D eigenvalue weighted by Gasteiger charge is -2.28. The second kappa shape index (κ2) is 2.01. The molecule has 0 amide bonds. The SMILES string of the molecule is CC12CC(O)C(C)(O1)C(C#N)C2. The zero-order valence-corrected chi connectivity index (χ0v) is 7.37. The second-order valence-electron chi connectivity index (χ2n) is 4.34. The molecule has 3 heteroatoms. The van der Waals surface area contributed by atoms with Crippen molar-refractivity contribution >= 4 is 0 Å². The quantitative estimate of drug-likeness (QED) is 0.581. The number of aliphatic hydroxyl groups is 1. The van der Waals surface area contributed by atoms with Gasteiger partial charge in [0.1, 0.15) is 5.60 Å². The fourth-order valence-corrected chi connectivity index (χ4v) is 2.49. The summed E-state index contributed by atoms with van der Waals surface area (Å²) in [5.41, 5.74) is -0.863. The lowest BCUT2D eigenvalue weighted by atomic mass is 9.74. The molecular weight excluding hydrogens is 154 g/mol. The summed E-state index contributed by atoms with van der Waals surface area (Å²) in [5, 5.41) is 18.5. The van der Waals surface area contributed by atoms with Crippen LogP contribution in [0, 0.1) is 17.2 Å². The van der Waals surface area contributed by atoms with Crippen LogP contribution in [0.2, 0.25) is 0 Å². The summed E-state index contributed by atoms with van der Waals surface area (Å²) >= 11 is 0. The first-order valence-electron chi connectivity index (χ1n) is 4.28. The summed E-state index contributed by atoms with van der Waals surface area (Å²) in [4.78, 5) is 0. The minimum atomic E-state index is -0.608. The van der Waals surface area contributed by atoms with Crippen LogP contribution in [0.25, 0.3) is 0 Å². The van der Waals surface area contributed by atoms with Crippen LogP contribution >= 0.6 is 0 Å². The van der Waals surface area contributed by atoms with Gasteiger partial charge in [-0.25, -0.2) is 0 Å². The summed E-state index contributed by atoms with van der Waals surface area (Å²) in [6.07, 6.45) is 0.958. The normalized spacial score (nSPS) is 57.2. The standard InChI is InChI=1S/C9H13NO2/c1-8-3-6(5-10)9(2,12-8)7(11)4-8/h6-7,11H,3-4H2,1-2H3. The predicted octanol–water partition coefficient (Wildman–Crippen LogP) is 0.828. The Hall–Kier alpha value is -0.590. The molecule has 2 rings (SSSR count). The van der Waals surface area contributed by atoms with E-state index in [0.29, 0.717) is 6.42 Å². The molecule has 0 aromatic rings. The van der Waals surface area contributed by atoms with Crippen molar-refractivity contribution in [1.29, 1.82) is 5.26 Å². The molecule has 0 aliphatic carbocycles. The van der Waals surface area contributed by atoms with Gasteiger partial charge < -0.3 is 9.84 Å². The first-order chi connectivity index (χ1) is 5.50. The van der Waals surface area contributed by atoms with Crippen molar-refractivity contribution in [2.75, 3.05) is 0 Å². The van der Waals surface area contributed by atoms with Gasteiger partial charge in [-0.1, -0.05) is 0 Å². The van der Waals surface area contributed by atoms with Gasteiger partial charge in [-0.2, -0.15) is 5.26 Å². The molecule has 0 aromatic carbocycles. The molecule has 0 radical (unpaired) electrons. The Labute approximate surface area is 71.9 Å². The van der Waals surface area contributed by atoms with E-state index in [0.717, 1.165) is 6.42 Å². The molecule has 66 valence electrons. The monoisotopic (exact) mass is 167 g/mol. The van der Waals surface area contributed by atoms with E-state index in [1.165, 1.54) is 0 Å². The molecule has 3 nitrogen and oxygen atoms in total. The molecule has 2 saturated heterocycles. The number of ether oxygens (including phenoxy) is 1. The van der Waals surface area contributed by atoms with Crippen LogP contribution in [0.4, 0.5) is 0 Å². The van der Waals surface area contributed by atoms with Crippen LogP contribution in [-0.4, -0.2) is 22.4 Å². The first kappa shape index (κ1) is 8.03. The number of hydrogen-bond donors (Lipinski definition) is 1. The highest BCUT2D eigenvalue weighted by atomic mass is 16.6. The number of rotatable bonds is 0. The van der Waals surface area contributed by atoms with E-state index >= 15 is 0 Å². The van der Waals surface area contributed by atoms with Crippen molar-refractivity contribution in [3.8, 4) is 6.07 Å². The van der Waals surface area contributed by atoms with Gasteiger partial charge in [-0.05, 0) is 20.3 Å². The maximum absolute atomic E-state index is 9.67. The molecule has 0 spiro atoms. The number of hydrogen-bond acceptors (Lipinski definition) is 3. The zero-order valence-electron chi connectivity index (χ0n) is 7.37. The van der Waals surface area contributed by atoms with Gasteiger partial charge in [0.15, 0.2) is 0 Å². The van der Waals surface area contributed by atoms with E-state index < -0.39 is 11.7 Å². The number of nitriles is 1. The Kier molecular flexibility index (Phi) is 1.35. The largest absolute Gasteiger partial charge is 0.390 e. The van der Waals surface area contributed by atoms with Gasteiger partial charge in [0.05, 0.1) is 23.7 Å². The number of aliphatic hydroxyl groups excluding tert-OH is 1. The molecule has 2 fully saturated rings. The molecule has 2 aliphatic heterocycles. The zero-order chi connectivity index (χ0) is 8.98. The molecule has 0 aromatic heterocycles. The Balaban J connectivity index is 2.35. The van der Waals surface area contributed by atoms with Gasteiger partial charge in [-0.15, -0.1) is 0 Å². The Morgan fingerprint density at radius 3 is 2.50 bits per heavy atom. The van der Waals surface area contributed by atoms with Gasteiger partial charge in [0.25, 0.3) is 0 Å². The van der Waals surface area contributed by atoms with Gasteiger partial charge in [-0.3, -0.25) is 0 Å². The third kappa shape index (κ3) is 0.769. The van der Waals surface area contributed by atoms with Crippen LogP contribution in [-0.2, 0) is 4.74 Å². The van der Waals surface area contributed by atoms with Crippen LogP contribution in [0.1, 0.15) is 26.7 Å². The molecule has 4 unspecified atom stereocenters. The van der Waals surface area contributed by atoms with Crippen molar-refractivity contribution in [3.63, 3.8) is 0 Å². The molecule has 4 atom stereocenters. The van der Waals surface area contributed by atoms with Crippen LogP contribution < -0.4 is 0 Å². The minimum Gasteiger partial charge on any atom is -0.390 e. The summed E-state index contributed by atoms with van der Waals surface area (Å²) < 4.78 is 5.69. The van der Waals surface area contributed by atoms with E-state index in [1.54, 1.807) is 0 Å². The van der Waals surface area contributed by atoms with Gasteiger partial charge in [0.2, 0.25) is 0 Å². The summed E-state index contributed by atoms with van der Waals surface area (Å²) in [6.45, 7) is 3.81. The highest BCUT2D eigenvalue weighted by Crippen LogP contribution is 2.53. The third-order valence-corrected chi connectivity index (χ3v) is 3.24. The molecule has 2 aliphatic rings. The first-order valence-corrected chi connectivity index (χ1v) is 4.28. The summed E-state index contributed by atoms with van der Waals surface area (Å²) in [6, 6.07) is 2.21. The Bertz CT molecular complexity index is 260. The lowest BCUT2D eigenvalue weighted by Crippen LogP contribution is -2.42. The highest BCUT2D eigenvalue weighted by molar-refractivity contribution is 5.16. The van der Waals surface area contributed by atoms with Crippen LogP contribution in [0.15, 0.2) is 0 Å². The Morgan fingerprint density at radius 2 is 2.17 bits per heavy atom. The van der Waals surface area contributed by atoms with Crippen molar-refractivity contribution in [2.45, 2.75) is 44.0 Å². The number of nitrogens with zero attached hydrogens (tertiary/aromatic N) is 1. The van der Waals surface area contributed by atoms with Crippen molar-refractivity contribution in [1.82, 2.24) is 0 Å². The van der Waals surface area contributed by atoms with E-state index in [9.17, 15) is 5.11 Å². The smallest absolute Gasteiger partial charge is 0.108 e. The second-order valence-corrected chi connectivity index (χ2v) is 4.34. The van der Waals surface area contributed by atoms with Crippen molar-refractivity contribution in [2.24, 2.45) is 5.92 Å².